The smallest absolute Gasteiger partial charge is 0.387 e. The first-order valence-electron chi connectivity index (χ1n) is 6.99. The van der Waals surface area contributed by atoms with Gasteiger partial charge in [0.1, 0.15) is 5.75 Å². The molecule has 0 fully saturated rings. The number of alkyl halides is 2. The van der Waals surface area contributed by atoms with Crippen LogP contribution in [-0.4, -0.2) is 18.3 Å². The number of benzene rings is 2. The Hall–Kier alpha value is -1.60. The number of hydrogen-bond acceptors (Lipinski definition) is 3. The molecule has 0 amide bonds. The first-order chi connectivity index (χ1) is 11.4. The molecule has 0 bridgehead atoms. The molecule has 2 aromatic rings. The highest BCUT2D eigenvalue weighted by Crippen LogP contribution is 2.41. The Morgan fingerprint density at radius 2 is 1.88 bits per heavy atom. The fourth-order valence-corrected chi connectivity index (χ4v) is 2.88. The molecule has 128 valence electrons. The predicted octanol–water partition coefficient (Wildman–Crippen LogP) is 6.09. The fourth-order valence-electron chi connectivity index (χ4n) is 2.02. The summed E-state index contributed by atoms with van der Waals surface area (Å²) in [4.78, 5) is 0. The van der Waals surface area contributed by atoms with Crippen LogP contribution in [0.15, 0.2) is 39.3 Å². The molecule has 2 rings (SSSR count). The average molecular weight is 464 g/mol. The molecule has 0 aliphatic rings. The summed E-state index contributed by atoms with van der Waals surface area (Å²) < 4.78 is 36.1. The molecule has 0 aliphatic heterocycles. The van der Waals surface area contributed by atoms with E-state index in [-0.39, 0.29) is 11.5 Å². The summed E-state index contributed by atoms with van der Waals surface area (Å²) in [5.41, 5.74) is 0.918. The third-order valence-corrected chi connectivity index (χ3v) is 5.07. The summed E-state index contributed by atoms with van der Waals surface area (Å²) >= 11 is 6.76. The van der Waals surface area contributed by atoms with Crippen molar-refractivity contribution in [3.8, 4) is 17.2 Å². The molecular formula is C17H14Br2F2O3. The quantitative estimate of drug-likeness (QED) is 0.527. The van der Waals surface area contributed by atoms with Crippen molar-refractivity contribution in [3.05, 3.63) is 50.4 Å². The molecule has 1 N–H and O–H groups in total. The summed E-state index contributed by atoms with van der Waals surface area (Å²) in [5, 5.41) is 10.3. The summed E-state index contributed by atoms with van der Waals surface area (Å²) in [5.74, 6) is 0.333. The highest BCUT2D eigenvalue weighted by Gasteiger charge is 2.14. The second-order valence-corrected chi connectivity index (χ2v) is 6.26. The van der Waals surface area contributed by atoms with Gasteiger partial charge in [-0.3, -0.25) is 0 Å². The highest BCUT2D eigenvalue weighted by molar-refractivity contribution is 9.13. The normalized spacial score (nSPS) is 11.2. The maximum absolute atomic E-state index is 12.5. The Balaban J connectivity index is 2.43. The van der Waals surface area contributed by atoms with Crippen LogP contribution in [0.2, 0.25) is 0 Å². The predicted molar refractivity (Wildman–Crippen MR) is 96.7 cm³/mol. The monoisotopic (exact) mass is 462 g/mol. The third-order valence-electron chi connectivity index (χ3n) is 3.06. The lowest BCUT2D eigenvalue weighted by molar-refractivity contribution is -0.0499. The minimum Gasteiger partial charge on any atom is -0.504 e. The molecule has 0 saturated heterocycles. The molecule has 7 heteroatoms. The molecule has 24 heavy (non-hydrogen) atoms. The van der Waals surface area contributed by atoms with Gasteiger partial charge in [0.2, 0.25) is 0 Å². The molecule has 0 unspecified atom stereocenters. The van der Waals surface area contributed by atoms with E-state index >= 15 is 0 Å². The van der Waals surface area contributed by atoms with Crippen LogP contribution in [0, 0.1) is 0 Å². The fraction of sp³-hybridized carbons (Fsp3) is 0.176. The summed E-state index contributed by atoms with van der Waals surface area (Å²) in [6, 6.07) is 8.05. The maximum Gasteiger partial charge on any atom is 0.387 e. The molecular weight excluding hydrogens is 450 g/mol. The zero-order valence-electron chi connectivity index (χ0n) is 12.6. The number of para-hydroxylation sites is 1. The van der Waals surface area contributed by atoms with Crippen molar-refractivity contribution in [1.29, 1.82) is 0 Å². The molecule has 0 aromatic heterocycles. The summed E-state index contributed by atoms with van der Waals surface area (Å²) in [6.07, 6.45) is 3.18. The molecule has 0 aliphatic carbocycles. The Labute approximate surface area is 155 Å². The topological polar surface area (TPSA) is 38.7 Å². The largest absolute Gasteiger partial charge is 0.504 e. The van der Waals surface area contributed by atoms with Gasteiger partial charge in [-0.25, -0.2) is 0 Å². The van der Waals surface area contributed by atoms with E-state index in [1.165, 1.54) is 6.07 Å². The molecule has 0 saturated carbocycles. The molecule has 0 heterocycles. The molecule has 2 aromatic carbocycles. The molecule has 0 spiro atoms. The van der Waals surface area contributed by atoms with Crippen LogP contribution in [0.3, 0.4) is 0 Å². The minimum absolute atomic E-state index is 0.0459. The van der Waals surface area contributed by atoms with E-state index in [2.05, 4.69) is 36.6 Å². The Morgan fingerprint density at radius 3 is 2.54 bits per heavy atom. The third kappa shape index (κ3) is 4.48. The van der Waals surface area contributed by atoms with Gasteiger partial charge in [-0.2, -0.15) is 8.78 Å². The number of hydrogen-bond donors (Lipinski definition) is 1. The van der Waals surface area contributed by atoms with Crippen molar-refractivity contribution >= 4 is 44.0 Å². The van der Waals surface area contributed by atoms with Crippen LogP contribution in [0.1, 0.15) is 18.1 Å². The number of phenols is 1. The molecule has 3 nitrogen and oxygen atoms in total. The number of phenolic OH excluding ortho intramolecular Hbond substituents is 1. The zero-order valence-corrected chi connectivity index (χ0v) is 15.8. The number of aromatic hydroxyl groups is 1. The van der Waals surface area contributed by atoms with Gasteiger partial charge in [0, 0.05) is 20.1 Å². The lowest BCUT2D eigenvalue weighted by Crippen LogP contribution is -2.02. The van der Waals surface area contributed by atoms with Crippen LogP contribution in [0.25, 0.3) is 12.2 Å². The Kier molecular flexibility index (Phi) is 6.62. The van der Waals surface area contributed by atoms with Crippen LogP contribution >= 0.6 is 31.9 Å². The van der Waals surface area contributed by atoms with E-state index in [1.807, 2.05) is 6.92 Å². The van der Waals surface area contributed by atoms with Gasteiger partial charge in [-0.05, 0) is 57.0 Å². The van der Waals surface area contributed by atoms with E-state index in [0.717, 1.165) is 0 Å². The Morgan fingerprint density at radius 1 is 1.17 bits per heavy atom. The summed E-state index contributed by atoms with van der Waals surface area (Å²) in [6.45, 7) is -0.700. The number of halogens is 4. The minimum atomic E-state index is -2.91. The lowest BCUT2D eigenvalue weighted by Gasteiger charge is -2.12. The van der Waals surface area contributed by atoms with Gasteiger partial charge >= 0.3 is 6.61 Å². The van der Waals surface area contributed by atoms with Gasteiger partial charge in [0.25, 0.3) is 0 Å². The van der Waals surface area contributed by atoms with Crippen LogP contribution in [-0.2, 0) is 0 Å². The van der Waals surface area contributed by atoms with Crippen LogP contribution < -0.4 is 9.47 Å². The highest BCUT2D eigenvalue weighted by atomic mass is 79.9. The van der Waals surface area contributed by atoms with E-state index in [9.17, 15) is 13.9 Å². The van der Waals surface area contributed by atoms with E-state index in [0.29, 0.717) is 32.4 Å². The van der Waals surface area contributed by atoms with E-state index < -0.39 is 6.61 Å². The van der Waals surface area contributed by atoms with Gasteiger partial charge in [-0.15, -0.1) is 0 Å². The van der Waals surface area contributed by atoms with Crippen LogP contribution in [0.4, 0.5) is 8.78 Å². The first kappa shape index (κ1) is 18.7. The van der Waals surface area contributed by atoms with Crippen molar-refractivity contribution in [1.82, 2.24) is 0 Å². The SMILES string of the molecule is CCOc1cc(Br)c(Br)c(/C=C/c2ccccc2OC(F)F)c1O. The molecule has 0 radical (unpaired) electrons. The van der Waals surface area contributed by atoms with Crippen LogP contribution in [0.5, 0.6) is 17.2 Å². The van der Waals surface area contributed by atoms with E-state index in [1.54, 1.807) is 36.4 Å². The molecule has 0 atom stereocenters. The van der Waals surface area contributed by atoms with Crippen molar-refractivity contribution in [2.45, 2.75) is 13.5 Å². The van der Waals surface area contributed by atoms with Crippen molar-refractivity contribution in [3.63, 3.8) is 0 Å². The van der Waals surface area contributed by atoms with E-state index in [4.69, 9.17) is 4.74 Å². The lowest BCUT2D eigenvalue weighted by atomic mass is 10.1. The standard InChI is InChI=1S/C17H14Br2F2O3/c1-2-23-14-9-12(18)15(19)11(16(14)22)8-7-10-5-3-4-6-13(10)24-17(20)21/h3-9,17,22H,2H2,1H3/b8-7+. The van der Waals surface area contributed by atoms with Gasteiger partial charge in [0.05, 0.1) is 6.61 Å². The number of ether oxygens (including phenoxy) is 2. The van der Waals surface area contributed by atoms with Crippen molar-refractivity contribution in [2.24, 2.45) is 0 Å². The maximum atomic E-state index is 12.5. The Bertz CT molecular complexity index is 749. The first-order valence-corrected chi connectivity index (χ1v) is 8.58. The van der Waals surface area contributed by atoms with Gasteiger partial charge < -0.3 is 14.6 Å². The second kappa shape index (κ2) is 8.48. The van der Waals surface area contributed by atoms with Gasteiger partial charge in [0.15, 0.2) is 11.5 Å². The van der Waals surface area contributed by atoms with Crippen molar-refractivity contribution < 1.29 is 23.4 Å². The second-order valence-electron chi connectivity index (χ2n) is 4.62. The van der Waals surface area contributed by atoms with Gasteiger partial charge in [-0.1, -0.05) is 24.3 Å². The average Bonchev–Trinajstić information content (AvgIpc) is 2.53. The van der Waals surface area contributed by atoms with Crippen molar-refractivity contribution in [2.75, 3.05) is 6.61 Å². The zero-order chi connectivity index (χ0) is 17.7. The number of rotatable bonds is 6. The summed E-state index contributed by atoms with van der Waals surface area (Å²) in [7, 11) is 0.